The number of carbonyl (C=O) groups is 1. The lowest BCUT2D eigenvalue weighted by molar-refractivity contribution is -0.137. The Morgan fingerprint density at radius 3 is 2.47 bits per heavy atom. The Labute approximate surface area is 187 Å². The second kappa shape index (κ2) is 9.96. The van der Waals surface area contributed by atoms with Gasteiger partial charge in [-0.15, -0.1) is 0 Å². The molecule has 5 heteroatoms. The Kier molecular flexibility index (Phi) is 6.66. The van der Waals surface area contributed by atoms with Gasteiger partial charge in [0.05, 0.1) is 17.8 Å². The van der Waals surface area contributed by atoms with Gasteiger partial charge in [0.2, 0.25) is 0 Å². The summed E-state index contributed by atoms with van der Waals surface area (Å²) in [5, 5.41) is 13.3. The molecule has 4 rings (SSSR count). The van der Waals surface area contributed by atoms with Crippen molar-refractivity contribution in [1.29, 1.82) is 0 Å². The first-order valence-electron chi connectivity index (χ1n) is 10.8. The third-order valence-electron chi connectivity index (χ3n) is 5.28. The number of carboxylic acids is 1. The summed E-state index contributed by atoms with van der Waals surface area (Å²) in [4.78, 5) is 15.7. The number of aliphatic carboxylic acids is 1. The van der Waals surface area contributed by atoms with Gasteiger partial charge in [-0.2, -0.15) is 0 Å². The highest BCUT2D eigenvalue weighted by atomic mass is 16.5. The number of pyridine rings is 1. The monoisotopic (exact) mass is 426 g/mol. The van der Waals surface area contributed by atoms with Gasteiger partial charge in [-0.1, -0.05) is 60.7 Å². The van der Waals surface area contributed by atoms with Crippen LogP contribution in [0.4, 0.5) is 5.69 Å². The van der Waals surface area contributed by atoms with Crippen molar-refractivity contribution in [1.82, 2.24) is 4.98 Å². The van der Waals surface area contributed by atoms with Crippen LogP contribution < -0.4 is 10.1 Å². The summed E-state index contributed by atoms with van der Waals surface area (Å²) < 4.78 is 5.77. The summed E-state index contributed by atoms with van der Waals surface area (Å²) in [6.07, 6.45) is 0.711. The summed E-state index contributed by atoms with van der Waals surface area (Å²) in [7, 11) is 0. The molecule has 0 bridgehead atoms. The molecule has 0 radical (unpaired) electrons. The van der Waals surface area contributed by atoms with Crippen LogP contribution in [0.3, 0.4) is 0 Å². The average Bonchev–Trinajstić information content (AvgIpc) is 2.82. The molecule has 32 heavy (non-hydrogen) atoms. The van der Waals surface area contributed by atoms with E-state index in [1.54, 1.807) is 0 Å². The van der Waals surface area contributed by atoms with Gasteiger partial charge in [0.1, 0.15) is 5.75 Å². The molecule has 1 aromatic heterocycles. The molecular formula is C27H26N2O3. The molecule has 0 aliphatic heterocycles. The highest BCUT2D eigenvalue weighted by Gasteiger charge is 2.10. The molecule has 0 aliphatic carbocycles. The maximum absolute atomic E-state index is 10.8. The molecule has 0 saturated heterocycles. The van der Waals surface area contributed by atoms with Gasteiger partial charge in [-0.3, -0.25) is 4.79 Å². The molecule has 4 aromatic rings. The van der Waals surface area contributed by atoms with Crippen LogP contribution in [0.15, 0.2) is 78.9 Å². The number of hydrogen-bond donors (Lipinski definition) is 2. The number of para-hydroxylation sites is 2. The molecule has 3 aromatic carbocycles. The van der Waals surface area contributed by atoms with E-state index in [0.29, 0.717) is 19.6 Å². The van der Waals surface area contributed by atoms with Gasteiger partial charge in [-0.05, 0) is 37.1 Å². The van der Waals surface area contributed by atoms with E-state index >= 15 is 0 Å². The van der Waals surface area contributed by atoms with E-state index in [2.05, 4.69) is 35.6 Å². The zero-order chi connectivity index (χ0) is 22.3. The van der Waals surface area contributed by atoms with Crippen molar-refractivity contribution in [2.45, 2.75) is 19.8 Å². The van der Waals surface area contributed by atoms with Gasteiger partial charge < -0.3 is 15.2 Å². The Morgan fingerprint density at radius 2 is 1.69 bits per heavy atom. The normalized spacial score (nSPS) is 10.8. The molecule has 0 saturated carbocycles. The lowest BCUT2D eigenvalue weighted by atomic mass is 10.0. The van der Waals surface area contributed by atoms with Gasteiger partial charge in [0.15, 0.2) is 0 Å². The molecule has 162 valence electrons. The molecule has 2 N–H and O–H groups in total. The highest BCUT2D eigenvalue weighted by molar-refractivity contribution is 5.94. The third kappa shape index (κ3) is 4.89. The minimum Gasteiger partial charge on any atom is -0.493 e. The van der Waals surface area contributed by atoms with E-state index in [9.17, 15) is 4.79 Å². The van der Waals surface area contributed by atoms with E-state index in [1.807, 2.05) is 55.5 Å². The largest absolute Gasteiger partial charge is 0.493 e. The molecule has 0 unspecified atom stereocenters. The van der Waals surface area contributed by atoms with Gasteiger partial charge in [0, 0.05) is 35.2 Å². The second-order valence-electron chi connectivity index (χ2n) is 7.50. The Balaban J connectivity index is 1.64. The van der Waals surface area contributed by atoms with Crippen molar-refractivity contribution in [2.24, 2.45) is 0 Å². The zero-order valence-electron chi connectivity index (χ0n) is 18.0. The topological polar surface area (TPSA) is 71.5 Å². The van der Waals surface area contributed by atoms with E-state index in [1.165, 1.54) is 0 Å². The van der Waals surface area contributed by atoms with Crippen LogP contribution in [-0.4, -0.2) is 29.2 Å². The van der Waals surface area contributed by atoms with E-state index in [0.717, 1.165) is 44.7 Å². The minimum absolute atomic E-state index is 0.146. The summed E-state index contributed by atoms with van der Waals surface area (Å²) in [6.45, 7) is 3.20. The number of anilines is 1. The Hall–Kier alpha value is -3.86. The smallest absolute Gasteiger partial charge is 0.303 e. The van der Waals surface area contributed by atoms with Crippen molar-refractivity contribution in [2.75, 3.05) is 18.5 Å². The first kappa shape index (κ1) is 21.4. The molecule has 0 spiro atoms. The number of fused-ring (bicyclic) bond motifs is 1. The fraction of sp³-hybridized carbons (Fsp3) is 0.185. The summed E-state index contributed by atoms with van der Waals surface area (Å²) in [5.41, 5.74) is 5.90. The second-order valence-corrected chi connectivity index (χ2v) is 7.50. The van der Waals surface area contributed by atoms with Crippen molar-refractivity contribution in [3.63, 3.8) is 0 Å². The number of carboxylic acid groups (broad SMARTS) is 1. The average molecular weight is 427 g/mol. The van der Waals surface area contributed by atoms with Gasteiger partial charge >= 0.3 is 5.97 Å². The fourth-order valence-electron chi connectivity index (χ4n) is 3.74. The molecular weight excluding hydrogens is 400 g/mol. The number of rotatable bonds is 9. The van der Waals surface area contributed by atoms with Crippen molar-refractivity contribution >= 4 is 22.6 Å². The Bertz CT molecular complexity index is 1220. The first-order chi connectivity index (χ1) is 15.7. The highest BCUT2D eigenvalue weighted by Crippen LogP contribution is 2.33. The quantitative estimate of drug-likeness (QED) is 0.310. The number of aromatic nitrogens is 1. The van der Waals surface area contributed by atoms with Crippen LogP contribution >= 0.6 is 0 Å². The molecule has 5 nitrogen and oxygen atoms in total. The van der Waals surface area contributed by atoms with Crippen LogP contribution in [0.1, 0.15) is 19.8 Å². The van der Waals surface area contributed by atoms with E-state index in [-0.39, 0.29) is 6.42 Å². The number of hydrogen-bond acceptors (Lipinski definition) is 4. The van der Waals surface area contributed by atoms with Crippen LogP contribution in [0.25, 0.3) is 33.3 Å². The molecule has 0 aliphatic rings. The minimum atomic E-state index is -0.780. The van der Waals surface area contributed by atoms with Crippen molar-refractivity contribution in [3.8, 4) is 28.1 Å². The van der Waals surface area contributed by atoms with E-state index < -0.39 is 5.97 Å². The zero-order valence-corrected chi connectivity index (χ0v) is 18.0. The third-order valence-corrected chi connectivity index (χ3v) is 5.28. The van der Waals surface area contributed by atoms with Crippen LogP contribution in [0.5, 0.6) is 5.75 Å². The molecule has 0 amide bonds. The maximum atomic E-state index is 10.8. The Morgan fingerprint density at radius 1 is 0.969 bits per heavy atom. The van der Waals surface area contributed by atoms with Crippen LogP contribution in [0.2, 0.25) is 0 Å². The molecule has 0 atom stereocenters. The number of benzene rings is 3. The van der Waals surface area contributed by atoms with Gasteiger partial charge in [-0.25, -0.2) is 4.98 Å². The number of ether oxygens (including phenoxy) is 1. The number of nitrogens with one attached hydrogen (secondary N) is 1. The lowest BCUT2D eigenvalue weighted by Crippen LogP contribution is -2.05. The van der Waals surface area contributed by atoms with E-state index in [4.69, 9.17) is 14.8 Å². The first-order valence-corrected chi connectivity index (χ1v) is 10.8. The maximum Gasteiger partial charge on any atom is 0.303 e. The van der Waals surface area contributed by atoms with Crippen molar-refractivity contribution < 1.29 is 14.6 Å². The molecule has 1 heterocycles. The molecule has 0 fully saturated rings. The van der Waals surface area contributed by atoms with Crippen molar-refractivity contribution in [3.05, 3.63) is 78.9 Å². The fourth-order valence-corrected chi connectivity index (χ4v) is 3.74. The predicted molar refractivity (Wildman–Crippen MR) is 129 cm³/mol. The summed E-state index contributed by atoms with van der Waals surface area (Å²) in [6, 6.07) is 26.4. The van der Waals surface area contributed by atoms with Crippen LogP contribution in [-0.2, 0) is 4.79 Å². The standard InChI is InChI=1S/C27H26N2O3/c1-2-32-26-11-6-4-8-21(26)19-13-15-20(16-14-19)24-18-25(28-17-7-12-27(30)31)22-9-3-5-10-23(22)29-24/h3-6,8-11,13-16,18H,2,7,12,17H2,1H3,(H,28,29)(H,30,31). The summed E-state index contributed by atoms with van der Waals surface area (Å²) >= 11 is 0. The van der Waals surface area contributed by atoms with Gasteiger partial charge in [0.25, 0.3) is 0 Å². The van der Waals surface area contributed by atoms with Crippen LogP contribution in [0, 0.1) is 0 Å². The lowest BCUT2D eigenvalue weighted by Gasteiger charge is -2.13. The summed E-state index contributed by atoms with van der Waals surface area (Å²) in [5.74, 6) is 0.0949. The SMILES string of the molecule is CCOc1ccccc1-c1ccc(-c2cc(NCCCC(=O)O)c3ccccc3n2)cc1. The predicted octanol–water partition coefficient (Wildman–Crippen LogP) is 6.24. The number of nitrogens with zero attached hydrogens (tertiary/aromatic N) is 1.